The molecule has 1 atom stereocenters. The lowest BCUT2D eigenvalue weighted by Crippen LogP contribution is -2.23. The Balaban J connectivity index is 1.87. The van der Waals surface area contributed by atoms with Gasteiger partial charge in [0, 0.05) is 34.2 Å². The number of ether oxygens (including phenoxy) is 3. The quantitative estimate of drug-likeness (QED) is 0.571. The fourth-order valence-electron chi connectivity index (χ4n) is 3.89. The molecule has 1 aliphatic heterocycles. The lowest BCUT2D eigenvalue weighted by molar-refractivity contribution is -0.116. The molecule has 0 radical (unpaired) electrons. The van der Waals surface area contributed by atoms with Gasteiger partial charge in [0.15, 0.2) is 11.5 Å². The zero-order chi connectivity index (χ0) is 23.0. The summed E-state index contributed by atoms with van der Waals surface area (Å²) in [6, 6.07) is 10.2. The Labute approximate surface area is 190 Å². The van der Waals surface area contributed by atoms with Gasteiger partial charge in [0.2, 0.25) is 15.7 Å². The number of sulfone groups is 1. The molecule has 1 N–H and O–H groups in total. The minimum absolute atomic E-state index is 0.0978. The van der Waals surface area contributed by atoms with Gasteiger partial charge in [-0.2, -0.15) is 0 Å². The van der Waals surface area contributed by atoms with Crippen LogP contribution >= 0.6 is 11.3 Å². The summed E-state index contributed by atoms with van der Waals surface area (Å²) >= 11 is 1.30. The SMILES string of the molecule is COc1cc(OC)c([C@@H]2CC(=O)Nc3c(S(=O)(=O)c4cccc(C)c4)csc32)cc1OC. The van der Waals surface area contributed by atoms with Crippen molar-refractivity contribution in [3.05, 3.63) is 57.8 Å². The smallest absolute Gasteiger partial charge is 0.225 e. The molecular formula is C23H23NO6S2. The van der Waals surface area contributed by atoms with Crippen LogP contribution in [0.1, 0.15) is 28.3 Å². The number of carbonyl (C=O) groups excluding carboxylic acids is 1. The predicted molar refractivity (Wildman–Crippen MR) is 122 cm³/mol. The molecule has 0 fully saturated rings. The van der Waals surface area contributed by atoms with E-state index < -0.39 is 9.84 Å². The van der Waals surface area contributed by atoms with Crippen molar-refractivity contribution in [3.63, 3.8) is 0 Å². The Morgan fingerprint density at radius 3 is 2.34 bits per heavy atom. The highest BCUT2D eigenvalue weighted by Crippen LogP contribution is 2.49. The summed E-state index contributed by atoms with van der Waals surface area (Å²) in [5.41, 5.74) is 1.89. The molecule has 9 heteroatoms. The normalized spacial score (nSPS) is 15.6. The van der Waals surface area contributed by atoms with Crippen LogP contribution in [-0.2, 0) is 14.6 Å². The van der Waals surface area contributed by atoms with Crippen molar-refractivity contribution in [1.29, 1.82) is 0 Å². The number of rotatable bonds is 6. The van der Waals surface area contributed by atoms with Gasteiger partial charge in [-0.3, -0.25) is 4.79 Å². The van der Waals surface area contributed by atoms with E-state index in [9.17, 15) is 13.2 Å². The van der Waals surface area contributed by atoms with E-state index in [-0.39, 0.29) is 28.0 Å². The highest BCUT2D eigenvalue weighted by atomic mass is 32.2. The summed E-state index contributed by atoms with van der Waals surface area (Å²) in [5.74, 6) is 0.880. The van der Waals surface area contributed by atoms with E-state index in [0.717, 1.165) is 16.0 Å². The number of thiophene rings is 1. The van der Waals surface area contributed by atoms with Crippen LogP contribution in [0, 0.1) is 6.92 Å². The Morgan fingerprint density at radius 2 is 1.69 bits per heavy atom. The van der Waals surface area contributed by atoms with E-state index in [0.29, 0.717) is 22.9 Å². The fraction of sp³-hybridized carbons (Fsp3) is 0.261. The summed E-state index contributed by atoms with van der Waals surface area (Å²) < 4.78 is 43.1. The van der Waals surface area contributed by atoms with E-state index in [1.807, 2.05) is 13.0 Å². The van der Waals surface area contributed by atoms with Gasteiger partial charge in [-0.1, -0.05) is 12.1 Å². The third kappa shape index (κ3) is 3.71. The van der Waals surface area contributed by atoms with Crippen molar-refractivity contribution in [2.45, 2.75) is 29.1 Å². The molecule has 0 unspecified atom stereocenters. The average molecular weight is 474 g/mol. The van der Waals surface area contributed by atoms with Gasteiger partial charge < -0.3 is 19.5 Å². The van der Waals surface area contributed by atoms with Gasteiger partial charge in [0.25, 0.3) is 0 Å². The molecule has 168 valence electrons. The lowest BCUT2D eigenvalue weighted by Gasteiger charge is -2.26. The van der Waals surface area contributed by atoms with E-state index in [4.69, 9.17) is 14.2 Å². The summed E-state index contributed by atoms with van der Waals surface area (Å²) in [4.78, 5) is 13.7. The van der Waals surface area contributed by atoms with Crippen molar-refractivity contribution in [2.75, 3.05) is 26.6 Å². The molecule has 3 aromatic rings. The Bertz CT molecular complexity index is 1300. The summed E-state index contributed by atoms with van der Waals surface area (Å²) in [5, 5.41) is 4.37. The van der Waals surface area contributed by atoms with Gasteiger partial charge in [0.1, 0.15) is 10.6 Å². The molecule has 32 heavy (non-hydrogen) atoms. The van der Waals surface area contributed by atoms with Crippen molar-refractivity contribution < 1.29 is 27.4 Å². The number of carbonyl (C=O) groups is 1. The summed E-state index contributed by atoms with van der Waals surface area (Å²) in [6.07, 6.45) is 0.156. The highest BCUT2D eigenvalue weighted by Gasteiger charge is 2.36. The van der Waals surface area contributed by atoms with Crippen LogP contribution in [0.3, 0.4) is 0 Å². The zero-order valence-electron chi connectivity index (χ0n) is 18.1. The highest BCUT2D eigenvalue weighted by molar-refractivity contribution is 7.91. The molecule has 7 nitrogen and oxygen atoms in total. The second kappa shape index (κ2) is 8.48. The molecule has 0 saturated carbocycles. The minimum atomic E-state index is -3.81. The first-order valence-electron chi connectivity index (χ1n) is 9.83. The van der Waals surface area contributed by atoms with Gasteiger partial charge in [0.05, 0.1) is 31.9 Å². The number of fused-ring (bicyclic) bond motifs is 1. The van der Waals surface area contributed by atoms with Crippen LogP contribution in [-0.4, -0.2) is 35.7 Å². The molecule has 1 aliphatic rings. The monoisotopic (exact) mass is 473 g/mol. The Morgan fingerprint density at radius 1 is 1.00 bits per heavy atom. The van der Waals surface area contributed by atoms with E-state index in [1.165, 1.54) is 32.7 Å². The van der Waals surface area contributed by atoms with Crippen LogP contribution in [0.15, 0.2) is 51.6 Å². The molecule has 4 rings (SSSR count). The second-order valence-corrected chi connectivity index (χ2v) is 10.2. The third-order valence-electron chi connectivity index (χ3n) is 5.46. The van der Waals surface area contributed by atoms with Crippen LogP contribution < -0.4 is 19.5 Å². The average Bonchev–Trinajstić information content (AvgIpc) is 3.22. The number of aryl methyl sites for hydroxylation is 1. The van der Waals surface area contributed by atoms with Gasteiger partial charge in [-0.05, 0) is 30.7 Å². The first-order valence-corrected chi connectivity index (χ1v) is 12.2. The van der Waals surface area contributed by atoms with Crippen molar-refractivity contribution in [1.82, 2.24) is 0 Å². The molecule has 1 amide bonds. The number of methoxy groups -OCH3 is 3. The number of hydrogen-bond donors (Lipinski definition) is 1. The molecule has 0 spiro atoms. The number of hydrogen-bond acceptors (Lipinski definition) is 7. The van der Waals surface area contributed by atoms with Crippen molar-refractivity contribution in [3.8, 4) is 17.2 Å². The van der Waals surface area contributed by atoms with Crippen LogP contribution in [0.2, 0.25) is 0 Å². The van der Waals surface area contributed by atoms with Gasteiger partial charge in [-0.25, -0.2) is 8.42 Å². The predicted octanol–water partition coefficient (Wildman–Crippen LogP) is 4.39. The first kappa shape index (κ1) is 22.2. The minimum Gasteiger partial charge on any atom is -0.496 e. The summed E-state index contributed by atoms with van der Waals surface area (Å²) in [7, 11) is 0.795. The number of nitrogens with one attached hydrogen (secondary N) is 1. The maximum atomic E-state index is 13.4. The van der Waals surface area contributed by atoms with E-state index >= 15 is 0 Å². The Kier molecular flexibility index (Phi) is 5.87. The van der Waals surface area contributed by atoms with E-state index in [1.54, 1.807) is 35.7 Å². The molecule has 1 aromatic heterocycles. The second-order valence-electron chi connectivity index (χ2n) is 7.41. The van der Waals surface area contributed by atoms with Crippen molar-refractivity contribution >= 4 is 32.8 Å². The molecular weight excluding hydrogens is 450 g/mol. The maximum Gasteiger partial charge on any atom is 0.225 e. The third-order valence-corrected chi connectivity index (χ3v) is 8.48. The molecule has 2 heterocycles. The number of amides is 1. The fourth-order valence-corrected chi connectivity index (χ4v) is 6.89. The number of anilines is 1. The van der Waals surface area contributed by atoms with Gasteiger partial charge in [-0.15, -0.1) is 11.3 Å². The maximum absolute atomic E-state index is 13.4. The standard InChI is InChI=1S/C23H23NO6S2/c1-13-6-5-7-14(8-13)32(26,27)20-12-31-23-16(10-21(25)24-22(20)23)15-9-18(29-3)19(30-4)11-17(15)28-2/h5-9,11-12,16H,10H2,1-4H3,(H,24,25)/t16-/m0/s1. The van der Waals surface area contributed by atoms with Gasteiger partial charge >= 0.3 is 0 Å². The topological polar surface area (TPSA) is 90.9 Å². The number of benzene rings is 2. The molecule has 0 aliphatic carbocycles. The molecule has 0 bridgehead atoms. The zero-order valence-corrected chi connectivity index (χ0v) is 19.7. The molecule has 2 aromatic carbocycles. The largest absolute Gasteiger partial charge is 0.496 e. The van der Waals surface area contributed by atoms with Crippen LogP contribution in [0.25, 0.3) is 0 Å². The molecule has 0 saturated heterocycles. The van der Waals surface area contributed by atoms with Crippen LogP contribution in [0.4, 0.5) is 5.69 Å². The lowest BCUT2D eigenvalue weighted by atomic mass is 9.89. The first-order chi connectivity index (χ1) is 15.3. The Hall–Kier alpha value is -3.04. The summed E-state index contributed by atoms with van der Waals surface area (Å²) in [6.45, 7) is 1.84. The van der Waals surface area contributed by atoms with Crippen molar-refractivity contribution in [2.24, 2.45) is 0 Å². The van der Waals surface area contributed by atoms with Crippen LogP contribution in [0.5, 0.6) is 17.2 Å². The van der Waals surface area contributed by atoms with E-state index in [2.05, 4.69) is 5.32 Å².